The van der Waals surface area contributed by atoms with Crippen LogP contribution in [-0.2, 0) is 12.8 Å². The van der Waals surface area contributed by atoms with E-state index in [1.54, 1.807) is 5.57 Å². The Morgan fingerprint density at radius 3 is 1.83 bits per heavy atom. The van der Waals surface area contributed by atoms with E-state index < -0.39 is 0 Å². The molecule has 0 N–H and O–H groups in total. The Hall–Kier alpha value is -1.13. The molecule has 126 valence electrons. The van der Waals surface area contributed by atoms with Crippen molar-refractivity contribution in [2.24, 2.45) is 0 Å². The first-order valence-corrected chi connectivity index (χ1v) is 8.81. The number of likely N-dealkylation sites (N-methyl/N-ethyl adjacent to an activating group) is 1. The molecule has 0 fully saturated rings. The van der Waals surface area contributed by atoms with Gasteiger partial charge in [0.15, 0.2) is 0 Å². The van der Waals surface area contributed by atoms with Crippen LogP contribution in [0.3, 0.4) is 0 Å². The van der Waals surface area contributed by atoms with Crippen molar-refractivity contribution in [1.82, 2.24) is 0 Å². The minimum atomic E-state index is 0. The molecule has 2 heteroatoms. The number of hydrogen-bond acceptors (Lipinski definition) is 0. The molecule has 0 bridgehead atoms. The summed E-state index contributed by atoms with van der Waals surface area (Å²) in [7, 11) is 4.67. The third-order valence-electron chi connectivity index (χ3n) is 5.62. The Bertz CT molecular complexity index is 713. The Labute approximate surface area is 163 Å². The number of fused-ring (bicyclic) bond motifs is 2. The van der Waals surface area contributed by atoms with E-state index in [4.69, 9.17) is 0 Å². The minimum Gasteiger partial charge on any atom is -1.00 e. The highest BCUT2D eigenvalue weighted by Crippen LogP contribution is 2.41. The van der Waals surface area contributed by atoms with Crippen LogP contribution < -0.4 is 24.0 Å². The molecule has 0 unspecified atom stereocenters. The van der Waals surface area contributed by atoms with Crippen LogP contribution in [0, 0.1) is 0 Å². The molecule has 0 atom stereocenters. The smallest absolute Gasteiger partial charge is 0.0972 e. The van der Waals surface area contributed by atoms with Crippen molar-refractivity contribution >= 4 is 0 Å². The summed E-state index contributed by atoms with van der Waals surface area (Å²) in [6.07, 6.45) is 6.06. The van der Waals surface area contributed by atoms with Crippen LogP contribution in [0.15, 0.2) is 60.2 Å². The summed E-state index contributed by atoms with van der Waals surface area (Å²) in [6, 6.07) is 18.2. The van der Waals surface area contributed by atoms with Crippen molar-refractivity contribution in [2.45, 2.75) is 25.2 Å². The lowest BCUT2D eigenvalue weighted by Gasteiger charge is -2.35. The molecule has 0 radical (unpaired) electrons. The van der Waals surface area contributed by atoms with Crippen molar-refractivity contribution < 1.29 is 28.5 Å². The van der Waals surface area contributed by atoms with Gasteiger partial charge in [0.05, 0.1) is 27.2 Å². The lowest BCUT2D eigenvalue weighted by molar-refractivity contribution is -0.886. The highest BCUT2D eigenvalue weighted by molar-refractivity contribution is 5.50. The largest absolute Gasteiger partial charge is 1.00 e. The molecule has 1 aliphatic carbocycles. The van der Waals surface area contributed by atoms with Crippen LogP contribution in [-0.4, -0.2) is 31.7 Å². The number of nitrogens with zero attached hydrogens (tertiary/aromatic N) is 1. The number of halogens is 1. The molecule has 4 rings (SSSR count). The summed E-state index contributed by atoms with van der Waals surface area (Å²) in [6.45, 7) is 2.39. The summed E-state index contributed by atoms with van der Waals surface area (Å²) in [5.41, 5.74) is 7.78. The fraction of sp³-hybridized carbons (Fsp3) is 0.364. The maximum absolute atomic E-state index is 2.52. The Morgan fingerprint density at radius 1 is 0.792 bits per heavy atom. The van der Waals surface area contributed by atoms with Crippen molar-refractivity contribution in [1.29, 1.82) is 0 Å². The molecular weight excluding hydrogens is 405 g/mol. The van der Waals surface area contributed by atoms with Gasteiger partial charge in [0.2, 0.25) is 0 Å². The summed E-state index contributed by atoms with van der Waals surface area (Å²) in [5, 5.41) is 0. The van der Waals surface area contributed by atoms with Gasteiger partial charge < -0.3 is 28.5 Å². The van der Waals surface area contributed by atoms with E-state index >= 15 is 0 Å². The third kappa shape index (κ3) is 3.31. The van der Waals surface area contributed by atoms with Gasteiger partial charge in [0, 0.05) is 12.3 Å². The Kier molecular flexibility index (Phi) is 5.16. The molecule has 2 aromatic carbocycles. The lowest BCUT2D eigenvalue weighted by Crippen LogP contribution is -3.00. The Morgan fingerprint density at radius 2 is 1.33 bits per heavy atom. The second kappa shape index (κ2) is 7.01. The van der Waals surface area contributed by atoms with Gasteiger partial charge >= 0.3 is 0 Å². The van der Waals surface area contributed by atoms with Crippen LogP contribution in [0.25, 0.3) is 0 Å². The van der Waals surface area contributed by atoms with Crippen LogP contribution in [0.2, 0.25) is 0 Å². The number of aryl methyl sites for hydroxylation is 2. The predicted octanol–water partition coefficient (Wildman–Crippen LogP) is 1.33. The molecule has 0 saturated carbocycles. The maximum Gasteiger partial charge on any atom is 0.0972 e. The molecule has 1 heterocycles. The first kappa shape index (κ1) is 17.7. The first-order chi connectivity index (χ1) is 11.1. The average Bonchev–Trinajstić information content (AvgIpc) is 2.72. The molecule has 0 saturated heterocycles. The van der Waals surface area contributed by atoms with Gasteiger partial charge in [-0.1, -0.05) is 54.1 Å². The fourth-order valence-corrected chi connectivity index (χ4v) is 4.17. The van der Waals surface area contributed by atoms with Crippen molar-refractivity contribution in [3.8, 4) is 0 Å². The SMILES string of the molecule is C[N+]1(C)CC=C(C2c3ccccc3CCc3ccccc32)CC1.[I-]. The van der Waals surface area contributed by atoms with Crippen LogP contribution in [0.4, 0.5) is 0 Å². The molecule has 1 nitrogen and oxygen atoms in total. The van der Waals surface area contributed by atoms with Crippen molar-refractivity contribution in [3.63, 3.8) is 0 Å². The second-order valence-electron chi connectivity index (χ2n) is 7.70. The third-order valence-corrected chi connectivity index (χ3v) is 5.62. The second-order valence-corrected chi connectivity index (χ2v) is 7.70. The van der Waals surface area contributed by atoms with E-state index in [-0.39, 0.29) is 24.0 Å². The van der Waals surface area contributed by atoms with Gasteiger partial charge in [-0.25, -0.2) is 0 Å². The maximum atomic E-state index is 2.52. The fourth-order valence-electron chi connectivity index (χ4n) is 4.17. The zero-order valence-electron chi connectivity index (χ0n) is 14.6. The number of rotatable bonds is 1. The van der Waals surface area contributed by atoms with Gasteiger partial charge in [0.25, 0.3) is 0 Å². The van der Waals surface area contributed by atoms with Gasteiger partial charge in [-0.05, 0) is 41.2 Å². The molecular formula is C22H26IN. The van der Waals surface area contributed by atoms with Gasteiger partial charge in [0.1, 0.15) is 0 Å². The highest BCUT2D eigenvalue weighted by atomic mass is 127. The number of quaternary nitrogens is 1. The van der Waals surface area contributed by atoms with Crippen molar-refractivity contribution in [2.75, 3.05) is 27.2 Å². The molecule has 2 aliphatic rings. The van der Waals surface area contributed by atoms with Gasteiger partial charge in [-0.15, -0.1) is 0 Å². The molecule has 1 aliphatic heterocycles. The standard InChI is InChI=1S/C22H26N.HI/c1-23(2)15-13-19(14-16-23)22-20-9-5-3-7-17(20)11-12-18-8-4-6-10-21(18)22;/h3-10,13,22H,11-12,14-16H2,1-2H3;1H/q+1;/p-1. The van der Waals surface area contributed by atoms with E-state index in [1.165, 1.54) is 48.1 Å². The topological polar surface area (TPSA) is 0 Å². The molecule has 0 spiro atoms. The highest BCUT2D eigenvalue weighted by Gasteiger charge is 2.30. The first-order valence-electron chi connectivity index (χ1n) is 8.81. The molecule has 0 aromatic heterocycles. The van der Waals surface area contributed by atoms with Gasteiger partial charge in [-0.3, -0.25) is 0 Å². The summed E-state index contributed by atoms with van der Waals surface area (Å²) >= 11 is 0. The number of hydrogen-bond donors (Lipinski definition) is 0. The van der Waals surface area contributed by atoms with Crippen LogP contribution >= 0.6 is 0 Å². The average molecular weight is 431 g/mol. The van der Waals surface area contributed by atoms with Crippen LogP contribution in [0.1, 0.15) is 34.6 Å². The zero-order valence-corrected chi connectivity index (χ0v) is 16.8. The molecule has 24 heavy (non-hydrogen) atoms. The molecule has 2 aromatic rings. The van der Waals surface area contributed by atoms with E-state index in [0.29, 0.717) is 5.92 Å². The minimum absolute atomic E-state index is 0. The quantitative estimate of drug-likeness (QED) is 0.363. The lowest BCUT2D eigenvalue weighted by atomic mass is 9.80. The Balaban J connectivity index is 0.00000169. The number of benzene rings is 2. The summed E-state index contributed by atoms with van der Waals surface area (Å²) < 4.78 is 1.11. The predicted molar refractivity (Wildman–Crippen MR) is 96.7 cm³/mol. The molecule has 0 amide bonds. The van der Waals surface area contributed by atoms with E-state index in [2.05, 4.69) is 68.7 Å². The van der Waals surface area contributed by atoms with E-state index in [0.717, 1.165) is 11.0 Å². The van der Waals surface area contributed by atoms with Gasteiger partial charge in [-0.2, -0.15) is 0 Å². The van der Waals surface area contributed by atoms with E-state index in [9.17, 15) is 0 Å². The van der Waals surface area contributed by atoms with Crippen LogP contribution in [0.5, 0.6) is 0 Å². The zero-order chi connectivity index (χ0) is 15.9. The normalized spacial score (nSPS) is 19.3. The monoisotopic (exact) mass is 431 g/mol. The van der Waals surface area contributed by atoms with E-state index in [1.807, 2.05) is 0 Å². The summed E-state index contributed by atoms with van der Waals surface area (Å²) in [5.74, 6) is 0.463. The summed E-state index contributed by atoms with van der Waals surface area (Å²) in [4.78, 5) is 0. The van der Waals surface area contributed by atoms with Crippen molar-refractivity contribution in [3.05, 3.63) is 82.4 Å².